The first-order valence-corrected chi connectivity index (χ1v) is 25.3. The summed E-state index contributed by atoms with van der Waals surface area (Å²) >= 11 is 0. The van der Waals surface area contributed by atoms with E-state index in [0.29, 0.717) is 23.9 Å². The minimum Gasteiger partial charge on any atom is -0.756 e. The van der Waals surface area contributed by atoms with Crippen molar-refractivity contribution in [1.82, 2.24) is 0 Å². The Morgan fingerprint density at radius 3 is 1.41 bits per heavy atom. The Morgan fingerprint density at radius 1 is 0.525 bits per heavy atom. The number of hydrogen-bond acceptors (Lipinski definition) is 8. The third-order valence-corrected chi connectivity index (χ3v) is 10.6. The molecule has 0 saturated heterocycles. The summed E-state index contributed by atoms with van der Waals surface area (Å²) in [6.07, 6.45) is 54.6. The van der Waals surface area contributed by atoms with Gasteiger partial charge in [0.05, 0.1) is 27.7 Å². The molecule has 10 heteroatoms. The molecule has 0 aromatic carbocycles. The minimum absolute atomic E-state index is 0.0420. The lowest BCUT2D eigenvalue weighted by Gasteiger charge is -2.28. The van der Waals surface area contributed by atoms with Crippen LogP contribution in [0.4, 0.5) is 0 Å². The zero-order valence-electron chi connectivity index (χ0n) is 39.3. The molecule has 0 rings (SSSR count). The van der Waals surface area contributed by atoms with Crippen LogP contribution < -0.4 is 4.89 Å². The Bertz CT molecular complexity index is 1310. The normalized spacial score (nSPS) is 14.3. The molecule has 0 amide bonds. The van der Waals surface area contributed by atoms with Crippen LogP contribution in [0, 0.1) is 0 Å². The van der Waals surface area contributed by atoms with E-state index in [1.807, 2.05) is 21.1 Å². The van der Waals surface area contributed by atoms with E-state index in [0.717, 1.165) is 96.3 Å². The number of carbonyl (C=O) groups excluding carboxylic acids is 2. The van der Waals surface area contributed by atoms with Gasteiger partial charge in [0.2, 0.25) is 0 Å². The Labute approximate surface area is 373 Å². The van der Waals surface area contributed by atoms with Gasteiger partial charge in [0.25, 0.3) is 7.82 Å². The molecule has 350 valence electrons. The van der Waals surface area contributed by atoms with E-state index < -0.39 is 32.5 Å². The summed E-state index contributed by atoms with van der Waals surface area (Å²) in [6, 6.07) is 0. The van der Waals surface area contributed by atoms with Gasteiger partial charge in [-0.3, -0.25) is 14.2 Å². The number of rotatable bonds is 42. The van der Waals surface area contributed by atoms with E-state index in [-0.39, 0.29) is 26.1 Å². The summed E-state index contributed by atoms with van der Waals surface area (Å²) in [4.78, 5) is 37.6. The van der Waals surface area contributed by atoms with Crippen molar-refractivity contribution in [1.29, 1.82) is 0 Å². The smallest absolute Gasteiger partial charge is 0.306 e. The predicted molar refractivity (Wildman–Crippen MR) is 254 cm³/mol. The lowest BCUT2D eigenvalue weighted by molar-refractivity contribution is -0.870. The van der Waals surface area contributed by atoms with Gasteiger partial charge in [-0.1, -0.05) is 157 Å². The molecule has 9 nitrogen and oxygen atoms in total. The lowest BCUT2D eigenvalue weighted by atomic mass is 10.1. The number of ether oxygens (including phenoxy) is 2. The first-order valence-electron chi connectivity index (χ1n) is 23.8. The molecule has 0 aromatic rings. The Balaban J connectivity index is 4.39. The molecule has 2 atom stereocenters. The quantitative estimate of drug-likeness (QED) is 0.0196. The maximum atomic E-state index is 12.7. The topological polar surface area (TPSA) is 111 Å². The second-order valence-electron chi connectivity index (χ2n) is 16.7. The number of carbonyl (C=O) groups is 2. The highest BCUT2D eigenvalue weighted by atomic mass is 31.2. The second kappa shape index (κ2) is 42.5. The van der Waals surface area contributed by atoms with Gasteiger partial charge < -0.3 is 27.9 Å². The van der Waals surface area contributed by atoms with Crippen LogP contribution in [0.25, 0.3) is 0 Å². The van der Waals surface area contributed by atoms with Crippen molar-refractivity contribution in [3.8, 4) is 0 Å². The van der Waals surface area contributed by atoms with E-state index in [1.165, 1.54) is 38.5 Å². The van der Waals surface area contributed by atoms with E-state index >= 15 is 0 Å². The second-order valence-corrected chi connectivity index (χ2v) is 18.1. The third-order valence-electron chi connectivity index (χ3n) is 9.65. The zero-order chi connectivity index (χ0) is 45.0. The van der Waals surface area contributed by atoms with Gasteiger partial charge in [-0.15, -0.1) is 0 Å². The summed E-state index contributed by atoms with van der Waals surface area (Å²) in [6.45, 7) is 4.05. The van der Waals surface area contributed by atoms with Gasteiger partial charge in [-0.05, 0) is 89.9 Å². The molecule has 0 aliphatic heterocycles. The highest BCUT2D eigenvalue weighted by molar-refractivity contribution is 7.45. The molecule has 0 N–H and O–H groups in total. The molecule has 0 aliphatic rings. The van der Waals surface area contributed by atoms with Gasteiger partial charge in [-0.25, -0.2) is 0 Å². The summed E-state index contributed by atoms with van der Waals surface area (Å²) in [5.41, 5.74) is 0. The Hall–Kier alpha value is -2.81. The SMILES string of the molecule is CC/C=C\C/C=C\C/C=C\C/C=C\C/C=C\C/C=C\CCCCCCC(=O)OC(COC(=O)CCCCCCC/C=C\CCCCCCC)COP(=O)([O-])OCC[N+](C)(C)C. The zero-order valence-corrected chi connectivity index (χ0v) is 40.2. The van der Waals surface area contributed by atoms with Crippen LogP contribution >= 0.6 is 7.82 Å². The van der Waals surface area contributed by atoms with Crippen molar-refractivity contribution < 1.29 is 42.1 Å². The summed E-state index contributed by atoms with van der Waals surface area (Å²) < 4.78 is 33.9. The number of unbranched alkanes of at least 4 members (excludes halogenated alkanes) is 14. The molecule has 0 fully saturated rings. The molecule has 0 spiro atoms. The number of phosphoric ester groups is 1. The number of quaternary nitrogens is 1. The van der Waals surface area contributed by atoms with Crippen LogP contribution in [-0.4, -0.2) is 70.0 Å². The third kappa shape index (κ3) is 46.5. The fourth-order valence-electron chi connectivity index (χ4n) is 5.95. The standard InChI is InChI=1S/C51H88NO8P/c1-6-8-10-12-14-16-18-20-22-23-24-25-26-27-28-29-30-32-34-36-38-40-42-44-51(54)60-49(48-59-61(55,56)58-46-45-52(3,4)5)47-57-50(53)43-41-39-37-35-33-31-21-19-17-15-13-11-9-7-2/h8,10,14,16,19-22,24-25,27-28,30,32,49H,6-7,9,11-13,15,17-18,23,26,29,31,33-48H2,1-5H3/b10-8-,16-14-,21-19-,22-20-,25-24-,28-27-,32-30-. The van der Waals surface area contributed by atoms with Gasteiger partial charge in [-0.2, -0.15) is 0 Å². The summed E-state index contributed by atoms with van der Waals surface area (Å²) in [5.74, 6) is -0.880. The minimum atomic E-state index is -4.64. The molecule has 0 radical (unpaired) electrons. The maximum Gasteiger partial charge on any atom is 0.306 e. The highest BCUT2D eigenvalue weighted by Gasteiger charge is 2.21. The molecule has 2 unspecified atom stereocenters. The number of allylic oxidation sites excluding steroid dienone is 14. The van der Waals surface area contributed by atoms with Gasteiger partial charge in [0, 0.05) is 12.8 Å². The Morgan fingerprint density at radius 2 is 0.934 bits per heavy atom. The van der Waals surface area contributed by atoms with Gasteiger partial charge in [0.15, 0.2) is 6.10 Å². The van der Waals surface area contributed by atoms with Crippen molar-refractivity contribution in [2.45, 2.75) is 180 Å². The van der Waals surface area contributed by atoms with Crippen molar-refractivity contribution >= 4 is 19.8 Å². The predicted octanol–water partition coefficient (Wildman–Crippen LogP) is 13.3. The number of esters is 2. The largest absolute Gasteiger partial charge is 0.756 e. The molecular weight excluding hydrogens is 786 g/mol. The fraction of sp³-hybridized carbons (Fsp3) is 0.686. The maximum absolute atomic E-state index is 12.7. The highest BCUT2D eigenvalue weighted by Crippen LogP contribution is 2.38. The first kappa shape index (κ1) is 58.2. The molecule has 0 saturated carbocycles. The monoisotopic (exact) mass is 874 g/mol. The Kier molecular flexibility index (Phi) is 40.5. The van der Waals surface area contributed by atoms with Crippen LogP contribution in [0.3, 0.4) is 0 Å². The molecule has 0 bridgehead atoms. The molecular formula is C51H88NO8P. The van der Waals surface area contributed by atoms with E-state index in [4.69, 9.17) is 18.5 Å². The lowest BCUT2D eigenvalue weighted by Crippen LogP contribution is -2.37. The van der Waals surface area contributed by atoms with E-state index in [1.54, 1.807) is 0 Å². The van der Waals surface area contributed by atoms with Crippen molar-refractivity contribution in [3.05, 3.63) is 85.1 Å². The van der Waals surface area contributed by atoms with Crippen LogP contribution in [0.15, 0.2) is 85.1 Å². The average Bonchev–Trinajstić information content (AvgIpc) is 3.21. The van der Waals surface area contributed by atoms with E-state index in [9.17, 15) is 19.0 Å². The fourth-order valence-corrected chi connectivity index (χ4v) is 6.67. The number of likely N-dealkylation sites (N-methyl/N-ethyl adjacent to an activating group) is 1. The van der Waals surface area contributed by atoms with Crippen molar-refractivity contribution in [2.75, 3.05) is 47.5 Å². The van der Waals surface area contributed by atoms with Crippen LogP contribution in [0.2, 0.25) is 0 Å². The van der Waals surface area contributed by atoms with E-state index in [2.05, 4.69) is 98.9 Å². The van der Waals surface area contributed by atoms with Crippen LogP contribution in [0.1, 0.15) is 174 Å². The summed E-state index contributed by atoms with van der Waals surface area (Å²) in [7, 11) is 1.13. The molecule has 0 heterocycles. The molecule has 0 aliphatic carbocycles. The molecule has 0 aromatic heterocycles. The number of nitrogens with zero attached hydrogens (tertiary/aromatic N) is 1. The number of phosphoric acid groups is 1. The van der Waals surface area contributed by atoms with Crippen molar-refractivity contribution in [3.63, 3.8) is 0 Å². The average molecular weight is 874 g/mol. The summed E-state index contributed by atoms with van der Waals surface area (Å²) in [5, 5.41) is 0. The first-order chi connectivity index (χ1) is 29.5. The van der Waals surface area contributed by atoms with Crippen molar-refractivity contribution in [2.24, 2.45) is 0 Å². The van der Waals surface area contributed by atoms with Gasteiger partial charge >= 0.3 is 11.9 Å². The molecule has 61 heavy (non-hydrogen) atoms. The van der Waals surface area contributed by atoms with Crippen LogP contribution in [-0.2, 0) is 32.7 Å². The number of hydrogen-bond donors (Lipinski definition) is 0. The van der Waals surface area contributed by atoms with Crippen LogP contribution in [0.5, 0.6) is 0 Å². The van der Waals surface area contributed by atoms with Gasteiger partial charge in [0.1, 0.15) is 19.8 Å².